The first kappa shape index (κ1) is 66.2. The van der Waals surface area contributed by atoms with Crippen LogP contribution in [0.3, 0.4) is 0 Å². The van der Waals surface area contributed by atoms with Gasteiger partial charge in [-0.15, -0.1) is 6.58 Å². The van der Waals surface area contributed by atoms with Crippen molar-refractivity contribution in [1.82, 2.24) is 0 Å². The molecule has 0 fully saturated rings. The van der Waals surface area contributed by atoms with E-state index in [1.54, 1.807) is 0 Å². The molecule has 0 aliphatic heterocycles. The SMILES string of the molecule is C=CC(C)O[Si](CCC(F)(F)C(F)(F)C(F)(F)C(F)(F)C(F)(F)C(F)(F)F)(CCC(F)(F)C(F)(F)C(F)(F)C(F)(F)C(F)(F)C(F)(F)F)CCC(F)(F)C(F)(F)C(F)(F)C(F)(F)C(F)(F)C(F)(F)F. The summed E-state index contributed by atoms with van der Waals surface area (Å²) in [6, 6.07) is -10.3. The van der Waals surface area contributed by atoms with E-state index in [2.05, 4.69) is 11.0 Å². The second-order valence-corrected chi connectivity index (χ2v) is 18.3. The van der Waals surface area contributed by atoms with Crippen molar-refractivity contribution in [2.75, 3.05) is 0 Å². The maximum absolute atomic E-state index is 14.8. The zero-order valence-electron chi connectivity index (χ0n) is 31.8. The molecule has 41 heteroatoms. The Morgan fingerprint density at radius 2 is 0.464 bits per heavy atom. The zero-order valence-corrected chi connectivity index (χ0v) is 32.8. The molecule has 0 aliphatic carbocycles. The molecule has 0 rings (SSSR count). The summed E-state index contributed by atoms with van der Waals surface area (Å²) in [4.78, 5) is 0. The van der Waals surface area contributed by atoms with Gasteiger partial charge in [-0.1, -0.05) is 6.08 Å². The summed E-state index contributed by atoms with van der Waals surface area (Å²) in [5.74, 6) is -128. The highest BCUT2D eigenvalue weighted by atomic mass is 28.4. The summed E-state index contributed by atoms with van der Waals surface area (Å²) < 4.78 is 538. The van der Waals surface area contributed by atoms with Gasteiger partial charge in [0.2, 0.25) is 0 Å². The van der Waals surface area contributed by atoms with E-state index in [1.807, 2.05) is 0 Å². The van der Waals surface area contributed by atoms with E-state index in [0.717, 1.165) is 0 Å². The Morgan fingerprint density at radius 1 is 0.304 bits per heavy atom. The Labute approximate surface area is 355 Å². The van der Waals surface area contributed by atoms with Crippen molar-refractivity contribution in [2.24, 2.45) is 0 Å². The summed E-state index contributed by atoms with van der Waals surface area (Å²) in [5, 5.41) is 0. The fourth-order valence-corrected chi connectivity index (χ4v) is 9.32. The molecule has 1 unspecified atom stereocenters. The predicted octanol–water partition coefficient (Wildman–Crippen LogP) is 15.9. The zero-order chi connectivity index (χ0) is 56.7. The molecule has 69 heavy (non-hydrogen) atoms. The maximum atomic E-state index is 14.8. The Bertz CT molecular complexity index is 1580. The quantitative estimate of drug-likeness (QED) is 0.0532. The van der Waals surface area contributed by atoms with Gasteiger partial charge in [-0.2, -0.15) is 171 Å². The van der Waals surface area contributed by atoms with E-state index in [0.29, 0.717) is 0 Å². The number of rotatable bonds is 24. The lowest BCUT2D eigenvalue weighted by molar-refractivity contribution is -0.440. The van der Waals surface area contributed by atoms with Gasteiger partial charge in [-0.05, 0) is 25.1 Å². The Kier molecular flexibility index (Phi) is 17.3. The molecule has 1 atom stereocenters. The van der Waals surface area contributed by atoms with Crippen molar-refractivity contribution in [3.63, 3.8) is 0 Å². The molecule has 0 bridgehead atoms. The van der Waals surface area contributed by atoms with Crippen molar-refractivity contribution in [3.8, 4) is 0 Å². The number of alkyl halides is 39. The first-order chi connectivity index (χ1) is 29.3. The van der Waals surface area contributed by atoms with Gasteiger partial charge >= 0.3 is 107 Å². The van der Waals surface area contributed by atoms with Gasteiger partial charge in [0.05, 0.1) is 6.10 Å². The van der Waals surface area contributed by atoms with Crippen LogP contribution in [-0.2, 0) is 4.43 Å². The summed E-state index contributed by atoms with van der Waals surface area (Å²) in [7, 11) is -7.25. The lowest BCUT2D eigenvalue weighted by Gasteiger charge is -2.43. The normalized spacial score (nSPS) is 17.1. The first-order valence-electron chi connectivity index (χ1n) is 16.5. The molecule has 0 heterocycles. The smallest absolute Gasteiger partial charge is 0.411 e. The average Bonchev–Trinajstić information content (AvgIpc) is 3.12. The molecule has 1 nitrogen and oxygen atoms in total. The molecule has 0 aromatic rings. The molecule has 0 saturated heterocycles. The minimum absolute atomic E-state index is 0.0523. The molecule has 414 valence electrons. The molecule has 0 aliphatic rings. The van der Waals surface area contributed by atoms with Gasteiger partial charge in [-0.25, -0.2) is 0 Å². The van der Waals surface area contributed by atoms with E-state index in [9.17, 15) is 171 Å². The van der Waals surface area contributed by atoms with Crippen molar-refractivity contribution >= 4 is 8.32 Å². The van der Waals surface area contributed by atoms with Gasteiger partial charge < -0.3 is 4.43 Å². The van der Waals surface area contributed by atoms with Crippen molar-refractivity contribution in [2.45, 2.75) is 158 Å². The number of hydrogen-bond acceptors (Lipinski definition) is 1. The molecule has 0 aromatic carbocycles. The molecule has 0 saturated carbocycles. The van der Waals surface area contributed by atoms with Crippen LogP contribution in [0.25, 0.3) is 0 Å². The van der Waals surface area contributed by atoms with Crippen LogP contribution in [-0.4, -0.2) is 122 Å². The molecule has 0 radical (unpaired) electrons. The Balaban J connectivity index is 8.26. The Morgan fingerprint density at radius 3 is 0.609 bits per heavy atom. The molecule has 0 N–H and O–H groups in total. The lowest BCUT2D eigenvalue weighted by atomic mass is 9.93. The third-order valence-electron chi connectivity index (χ3n) is 9.45. The van der Waals surface area contributed by atoms with E-state index in [4.69, 9.17) is 0 Å². The second kappa shape index (κ2) is 18.0. The minimum Gasteiger partial charge on any atom is -0.411 e. The van der Waals surface area contributed by atoms with Gasteiger partial charge in [0.25, 0.3) is 0 Å². The largest absolute Gasteiger partial charge is 0.460 e. The Hall–Kier alpha value is -2.81. The van der Waals surface area contributed by atoms with E-state index in [1.165, 1.54) is 0 Å². The highest BCUT2D eigenvalue weighted by Crippen LogP contribution is 2.65. The minimum atomic E-state index is -8.89. The fraction of sp³-hybridized carbons (Fsp3) is 0.929. The van der Waals surface area contributed by atoms with Crippen molar-refractivity contribution < 1.29 is 176 Å². The fourth-order valence-electron chi connectivity index (χ4n) is 5.03. The van der Waals surface area contributed by atoms with Crippen LogP contribution >= 0.6 is 0 Å². The van der Waals surface area contributed by atoms with Crippen LogP contribution in [0.4, 0.5) is 171 Å². The summed E-state index contributed by atoms with van der Waals surface area (Å²) in [6.45, 7) is 2.60. The highest BCUT2D eigenvalue weighted by molar-refractivity contribution is 6.74. The van der Waals surface area contributed by atoms with E-state index < -0.39 is 159 Å². The van der Waals surface area contributed by atoms with Crippen LogP contribution in [0.15, 0.2) is 12.7 Å². The summed E-state index contributed by atoms with van der Waals surface area (Å²) >= 11 is 0. The topological polar surface area (TPSA) is 9.23 Å². The van der Waals surface area contributed by atoms with E-state index in [-0.39, 0.29) is 13.0 Å². The van der Waals surface area contributed by atoms with E-state index >= 15 is 0 Å². The van der Waals surface area contributed by atoms with Gasteiger partial charge in [0, 0.05) is 19.3 Å². The lowest BCUT2D eigenvalue weighted by Crippen LogP contribution is -2.70. The second-order valence-electron chi connectivity index (χ2n) is 14.2. The number of hydrogen-bond donors (Lipinski definition) is 0. The van der Waals surface area contributed by atoms with Gasteiger partial charge in [-0.3, -0.25) is 0 Å². The molecule has 0 spiro atoms. The van der Waals surface area contributed by atoms with Gasteiger partial charge in [0.15, 0.2) is 8.32 Å². The van der Waals surface area contributed by atoms with Gasteiger partial charge in [0.1, 0.15) is 0 Å². The molecular weight excluding hydrogens is 1120 g/mol. The third-order valence-corrected chi connectivity index (χ3v) is 13.8. The monoisotopic (exact) mass is 1140 g/mol. The van der Waals surface area contributed by atoms with Crippen LogP contribution in [0.5, 0.6) is 0 Å². The van der Waals surface area contributed by atoms with Crippen LogP contribution in [0.1, 0.15) is 26.2 Å². The molecule has 0 aromatic heterocycles. The number of halogens is 39. The van der Waals surface area contributed by atoms with Crippen LogP contribution < -0.4 is 0 Å². The summed E-state index contributed by atoms with van der Waals surface area (Å²) in [6.07, 6.45) is -39.7. The van der Waals surface area contributed by atoms with Crippen molar-refractivity contribution in [3.05, 3.63) is 12.7 Å². The third kappa shape index (κ3) is 10.1. The highest BCUT2D eigenvalue weighted by Gasteiger charge is 2.93. The molecular formula is C28H19F39OSi. The maximum Gasteiger partial charge on any atom is 0.460 e. The standard InChI is InChI=1S/C28H19F39OSi/c1-3-10(2)68-69(7-4-11(29,30)14(35,36)17(41,42)20(47,48)23(53,54)26(59,60)61,8-5-12(31,32)15(37,38)18(43,44)21(49,50)24(55,56)27(62,63)64)9-6-13(33,34)16(39,40)19(45,46)22(51,52)25(57,58)28(65,66)67/h3,10H,1,4-9H2,2H3. The van der Waals surface area contributed by atoms with Crippen LogP contribution in [0.2, 0.25) is 18.1 Å². The van der Waals surface area contributed by atoms with Crippen LogP contribution in [0, 0.1) is 0 Å². The predicted molar refractivity (Wildman–Crippen MR) is 147 cm³/mol. The summed E-state index contributed by atoms with van der Waals surface area (Å²) in [5.41, 5.74) is 0. The average molecular weight is 1140 g/mol. The first-order valence-corrected chi connectivity index (χ1v) is 19.0. The van der Waals surface area contributed by atoms with Crippen molar-refractivity contribution in [1.29, 1.82) is 0 Å². The molecule has 0 amide bonds.